The molecule has 0 unspecified atom stereocenters. The minimum absolute atomic E-state index is 0.472. The second kappa shape index (κ2) is 2.75. The highest BCUT2D eigenvalue weighted by molar-refractivity contribution is 7.15. The number of hydrogen-bond donors (Lipinski definition) is 2. The molecule has 1 aromatic rings. The van der Waals surface area contributed by atoms with E-state index >= 15 is 0 Å². The molecule has 9 heavy (non-hydrogen) atoms. The van der Waals surface area contributed by atoms with Crippen LogP contribution in [0.15, 0.2) is 0 Å². The average Bonchev–Trinajstić information content (AvgIpc) is 2.34. The lowest BCUT2D eigenvalue weighted by atomic mass is 10.7. The number of nitrogens with zero attached hydrogens (tertiary/aromatic N) is 2. The largest absolute Gasteiger partial charge is 0.363 e. The summed E-state index contributed by atoms with van der Waals surface area (Å²) in [4.78, 5) is 0. The zero-order valence-electron chi connectivity index (χ0n) is 5.09. The van der Waals surface area contributed by atoms with Gasteiger partial charge in [0.1, 0.15) is 5.01 Å². The molecule has 0 aromatic carbocycles. The molecule has 4 nitrogen and oxygen atoms in total. The van der Waals surface area contributed by atoms with Gasteiger partial charge in [0.25, 0.3) is 0 Å². The molecule has 1 aromatic heterocycles. The van der Waals surface area contributed by atoms with Crippen molar-refractivity contribution in [2.24, 2.45) is 5.73 Å². The first-order valence-electron chi connectivity index (χ1n) is 2.57. The van der Waals surface area contributed by atoms with Gasteiger partial charge < -0.3 is 11.1 Å². The van der Waals surface area contributed by atoms with Gasteiger partial charge in [0.15, 0.2) is 0 Å². The van der Waals surface area contributed by atoms with E-state index in [4.69, 9.17) is 5.73 Å². The average molecular weight is 144 g/mol. The van der Waals surface area contributed by atoms with Gasteiger partial charge >= 0.3 is 0 Å². The predicted octanol–water partition coefficient (Wildman–Crippen LogP) is 0.0385. The third-order valence-corrected chi connectivity index (χ3v) is 1.82. The minimum Gasteiger partial charge on any atom is -0.363 e. The lowest BCUT2D eigenvalue weighted by Gasteiger charge is -1.83. The first-order valence-corrected chi connectivity index (χ1v) is 3.38. The van der Waals surface area contributed by atoms with Crippen molar-refractivity contribution in [2.75, 3.05) is 12.4 Å². The molecular weight excluding hydrogens is 136 g/mol. The topological polar surface area (TPSA) is 63.8 Å². The van der Waals surface area contributed by atoms with E-state index in [1.165, 1.54) is 11.3 Å². The van der Waals surface area contributed by atoms with Gasteiger partial charge in [-0.2, -0.15) is 0 Å². The number of hydrogen-bond acceptors (Lipinski definition) is 5. The van der Waals surface area contributed by atoms with Crippen LogP contribution in [-0.4, -0.2) is 17.2 Å². The fourth-order valence-corrected chi connectivity index (χ4v) is 1.01. The van der Waals surface area contributed by atoms with Crippen LogP contribution >= 0.6 is 11.3 Å². The Hall–Kier alpha value is -0.680. The summed E-state index contributed by atoms with van der Waals surface area (Å²) in [5, 5.41) is 12.1. The predicted molar refractivity (Wildman–Crippen MR) is 37.3 cm³/mol. The summed E-state index contributed by atoms with van der Waals surface area (Å²) < 4.78 is 0. The second-order valence-corrected chi connectivity index (χ2v) is 2.52. The molecule has 0 saturated carbocycles. The van der Waals surface area contributed by atoms with Crippen molar-refractivity contribution in [1.82, 2.24) is 10.2 Å². The highest BCUT2D eigenvalue weighted by Gasteiger charge is 1.97. The zero-order valence-corrected chi connectivity index (χ0v) is 5.90. The summed E-state index contributed by atoms with van der Waals surface area (Å²) in [7, 11) is 1.81. The fourth-order valence-electron chi connectivity index (χ4n) is 0.437. The Kier molecular flexibility index (Phi) is 1.96. The Morgan fingerprint density at radius 2 is 2.44 bits per heavy atom. The van der Waals surface area contributed by atoms with Crippen LogP contribution in [0.2, 0.25) is 0 Å². The van der Waals surface area contributed by atoms with E-state index in [2.05, 4.69) is 15.5 Å². The molecule has 3 N–H and O–H groups in total. The van der Waals surface area contributed by atoms with E-state index in [1.807, 2.05) is 0 Å². The standard InChI is InChI=1S/C4H8N4S/c1-6-4-8-7-3(2-5)9-4/h2,5H2,1H3,(H,6,8). The van der Waals surface area contributed by atoms with Crippen LogP contribution in [0.25, 0.3) is 0 Å². The van der Waals surface area contributed by atoms with Gasteiger partial charge in [0.2, 0.25) is 5.13 Å². The fraction of sp³-hybridized carbons (Fsp3) is 0.500. The molecule has 1 heterocycles. The Labute approximate surface area is 57.1 Å². The van der Waals surface area contributed by atoms with Gasteiger partial charge in [-0.15, -0.1) is 10.2 Å². The van der Waals surface area contributed by atoms with Crippen molar-refractivity contribution in [3.05, 3.63) is 5.01 Å². The third kappa shape index (κ3) is 1.36. The van der Waals surface area contributed by atoms with E-state index in [9.17, 15) is 0 Å². The molecule has 0 atom stereocenters. The van der Waals surface area contributed by atoms with Crippen LogP contribution in [0.5, 0.6) is 0 Å². The molecule has 0 aliphatic carbocycles. The number of anilines is 1. The number of aromatic nitrogens is 2. The third-order valence-electron chi connectivity index (χ3n) is 0.855. The Balaban J connectivity index is 2.74. The van der Waals surface area contributed by atoms with Crippen LogP contribution in [0.3, 0.4) is 0 Å². The molecule has 0 aliphatic heterocycles. The summed E-state index contributed by atoms with van der Waals surface area (Å²) in [6, 6.07) is 0. The van der Waals surface area contributed by atoms with E-state index in [0.29, 0.717) is 6.54 Å². The SMILES string of the molecule is CNc1nnc(CN)s1. The maximum atomic E-state index is 5.30. The first-order chi connectivity index (χ1) is 4.36. The van der Waals surface area contributed by atoms with E-state index < -0.39 is 0 Å². The molecule has 0 amide bonds. The highest BCUT2D eigenvalue weighted by atomic mass is 32.1. The van der Waals surface area contributed by atoms with Gasteiger partial charge in [0.05, 0.1) is 0 Å². The summed E-state index contributed by atoms with van der Waals surface area (Å²) in [6.07, 6.45) is 0. The first kappa shape index (κ1) is 6.44. The maximum absolute atomic E-state index is 5.30. The van der Waals surface area contributed by atoms with Crippen LogP contribution in [0.4, 0.5) is 5.13 Å². The van der Waals surface area contributed by atoms with Gasteiger partial charge in [-0.05, 0) is 0 Å². The summed E-state index contributed by atoms with van der Waals surface area (Å²) in [5.74, 6) is 0. The number of nitrogens with two attached hydrogens (primary N) is 1. The van der Waals surface area contributed by atoms with Gasteiger partial charge in [-0.25, -0.2) is 0 Å². The molecule has 0 spiro atoms. The van der Waals surface area contributed by atoms with E-state index in [1.54, 1.807) is 7.05 Å². The van der Waals surface area contributed by atoms with Gasteiger partial charge in [-0.1, -0.05) is 11.3 Å². The molecule has 0 bridgehead atoms. The monoisotopic (exact) mass is 144 g/mol. The summed E-state index contributed by atoms with van der Waals surface area (Å²) >= 11 is 1.47. The zero-order chi connectivity index (χ0) is 6.69. The van der Waals surface area contributed by atoms with Gasteiger partial charge in [-0.3, -0.25) is 0 Å². The quantitative estimate of drug-likeness (QED) is 0.615. The molecular formula is C4H8N4S. The van der Waals surface area contributed by atoms with Crippen molar-refractivity contribution >= 4 is 16.5 Å². The Morgan fingerprint density at radius 3 is 2.78 bits per heavy atom. The van der Waals surface area contributed by atoms with Crippen LogP contribution in [0.1, 0.15) is 5.01 Å². The molecule has 50 valence electrons. The summed E-state index contributed by atoms with van der Waals surface area (Å²) in [5.41, 5.74) is 5.30. The van der Waals surface area contributed by atoms with Crippen molar-refractivity contribution in [2.45, 2.75) is 6.54 Å². The van der Waals surface area contributed by atoms with Crippen LogP contribution in [0, 0.1) is 0 Å². The number of rotatable bonds is 2. The van der Waals surface area contributed by atoms with E-state index in [-0.39, 0.29) is 0 Å². The Morgan fingerprint density at radius 1 is 1.67 bits per heavy atom. The number of nitrogens with one attached hydrogen (secondary N) is 1. The van der Waals surface area contributed by atoms with Crippen molar-refractivity contribution < 1.29 is 0 Å². The molecule has 0 saturated heterocycles. The molecule has 0 radical (unpaired) electrons. The second-order valence-electron chi connectivity index (χ2n) is 1.46. The Bertz CT molecular complexity index is 166. The smallest absolute Gasteiger partial charge is 0.205 e. The molecule has 0 aliphatic rings. The maximum Gasteiger partial charge on any atom is 0.205 e. The highest BCUT2D eigenvalue weighted by Crippen LogP contribution is 2.12. The molecule has 1 rings (SSSR count). The van der Waals surface area contributed by atoms with E-state index in [0.717, 1.165) is 10.1 Å². The van der Waals surface area contributed by atoms with Gasteiger partial charge in [0, 0.05) is 13.6 Å². The molecule has 5 heteroatoms. The lowest BCUT2D eigenvalue weighted by molar-refractivity contribution is 0.959. The van der Waals surface area contributed by atoms with Crippen molar-refractivity contribution in [3.8, 4) is 0 Å². The lowest BCUT2D eigenvalue weighted by Crippen LogP contribution is -1.94. The minimum atomic E-state index is 0.472. The van der Waals surface area contributed by atoms with Crippen LogP contribution < -0.4 is 11.1 Å². The van der Waals surface area contributed by atoms with Crippen molar-refractivity contribution in [3.63, 3.8) is 0 Å². The summed E-state index contributed by atoms with van der Waals surface area (Å²) in [6.45, 7) is 0.472. The normalized spacial score (nSPS) is 9.56. The van der Waals surface area contributed by atoms with Crippen molar-refractivity contribution in [1.29, 1.82) is 0 Å². The van der Waals surface area contributed by atoms with Crippen LogP contribution in [-0.2, 0) is 6.54 Å². The molecule has 0 fully saturated rings.